The van der Waals surface area contributed by atoms with Crippen molar-refractivity contribution in [3.8, 4) is 0 Å². The number of amides is 1. The van der Waals surface area contributed by atoms with E-state index in [0.29, 0.717) is 0 Å². The first kappa shape index (κ1) is 13.7. The minimum atomic E-state index is -0.297. The molecule has 0 aliphatic carbocycles. The van der Waals surface area contributed by atoms with Crippen molar-refractivity contribution in [2.75, 3.05) is 13.1 Å². The molecule has 3 rings (SSSR count). The molecule has 1 aliphatic heterocycles. The molecule has 1 fully saturated rings. The van der Waals surface area contributed by atoms with Gasteiger partial charge >= 0.3 is 0 Å². The van der Waals surface area contributed by atoms with Gasteiger partial charge in [0, 0.05) is 13.1 Å². The van der Waals surface area contributed by atoms with Crippen LogP contribution in [0.3, 0.4) is 0 Å². The van der Waals surface area contributed by atoms with Gasteiger partial charge in [0.05, 0.1) is 18.3 Å². The second kappa shape index (κ2) is 5.61. The lowest BCUT2D eigenvalue weighted by molar-refractivity contribution is 0.0934. The fraction of sp³-hybridized carbons (Fsp3) is 0.357. The summed E-state index contributed by atoms with van der Waals surface area (Å²) >= 11 is 0. The number of rotatable bonds is 4. The molecule has 2 heterocycles. The molecule has 1 aromatic heterocycles. The van der Waals surface area contributed by atoms with E-state index >= 15 is 0 Å². The van der Waals surface area contributed by atoms with Gasteiger partial charge in [-0.3, -0.25) is 4.79 Å². The van der Waals surface area contributed by atoms with Crippen LogP contribution in [0.5, 0.6) is 0 Å². The molecule has 0 saturated carbocycles. The highest BCUT2D eigenvalue weighted by Crippen LogP contribution is 2.14. The molecule has 1 amide bonds. The standard InChI is InChI=1S/C14H16FN5O/c1-9(10-2-4-11(15)5-3-10)17-14(21)13-8-20(19-18-13)12-6-16-7-12/h2-5,8-9,12,16H,6-7H2,1H3,(H,17,21)/t9-/m1/s1. The van der Waals surface area contributed by atoms with Gasteiger partial charge in [0.25, 0.3) is 5.91 Å². The van der Waals surface area contributed by atoms with Crippen LogP contribution in [0.1, 0.15) is 35.1 Å². The van der Waals surface area contributed by atoms with Crippen molar-refractivity contribution in [1.82, 2.24) is 25.6 Å². The molecule has 2 aromatic rings. The van der Waals surface area contributed by atoms with Crippen molar-refractivity contribution in [2.24, 2.45) is 0 Å². The van der Waals surface area contributed by atoms with E-state index in [9.17, 15) is 9.18 Å². The van der Waals surface area contributed by atoms with Crippen LogP contribution in [0.15, 0.2) is 30.5 Å². The largest absolute Gasteiger partial charge is 0.344 e. The molecule has 21 heavy (non-hydrogen) atoms. The molecule has 1 atom stereocenters. The van der Waals surface area contributed by atoms with Crippen LogP contribution in [-0.4, -0.2) is 34.0 Å². The van der Waals surface area contributed by atoms with Crippen LogP contribution in [0.25, 0.3) is 0 Å². The maximum Gasteiger partial charge on any atom is 0.273 e. The number of hydrogen-bond donors (Lipinski definition) is 2. The molecule has 0 radical (unpaired) electrons. The first-order valence-corrected chi connectivity index (χ1v) is 6.82. The predicted molar refractivity (Wildman–Crippen MR) is 74.2 cm³/mol. The zero-order chi connectivity index (χ0) is 14.8. The van der Waals surface area contributed by atoms with Crippen LogP contribution in [0.4, 0.5) is 4.39 Å². The Bertz CT molecular complexity index is 635. The van der Waals surface area contributed by atoms with Crippen LogP contribution < -0.4 is 10.6 Å². The van der Waals surface area contributed by atoms with Gasteiger partial charge in [-0.2, -0.15) is 0 Å². The van der Waals surface area contributed by atoms with Gasteiger partial charge in [-0.05, 0) is 24.6 Å². The SMILES string of the molecule is C[C@@H](NC(=O)c1cn(C2CNC2)nn1)c1ccc(F)cc1. The monoisotopic (exact) mass is 289 g/mol. The summed E-state index contributed by atoms with van der Waals surface area (Å²) in [5.74, 6) is -0.584. The Balaban J connectivity index is 1.65. The normalized spacial score (nSPS) is 16.3. The van der Waals surface area contributed by atoms with Crippen molar-refractivity contribution in [3.63, 3.8) is 0 Å². The van der Waals surface area contributed by atoms with Gasteiger partial charge in [0.2, 0.25) is 0 Å². The minimum Gasteiger partial charge on any atom is -0.344 e. The van der Waals surface area contributed by atoms with E-state index in [1.165, 1.54) is 12.1 Å². The first-order chi connectivity index (χ1) is 10.1. The van der Waals surface area contributed by atoms with E-state index in [-0.39, 0.29) is 29.5 Å². The molecule has 110 valence electrons. The fourth-order valence-corrected chi connectivity index (χ4v) is 2.13. The van der Waals surface area contributed by atoms with Crippen molar-refractivity contribution in [1.29, 1.82) is 0 Å². The van der Waals surface area contributed by atoms with Crippen molar-refractivity contribution in [2.45, 2.75) is 19.0 Å². The van der Waals surface area contributed by atoms with Crippen LogP contribution >= 0.6 is 0 Å². The summed E-state index contributed by atoms with van der Waals surface area (Å²) < 4.78 is 14.6. The Morgan fingerprint density at radius 3 is 2.76 bits per heavy atom. The van der Waals surface area contributed by atoms with Crippen LogP contribution in [0.2, 0.25) is 0 Å². The number of halogens is 1. The molecular formula is C14H16FN5O. The highest BCUT2D eigenvalue weighted by molar-refractivity contribution is 5.92. The molecular weight excluding hydrogens is 273 g/mol. The topological polar surface area (TPSA) is 71.8 Å². The zero-order valence-corrected chi connectivity index (χ0v) is 11.6. The van der Waals surface area contributed by atoms with E-state index in [4.69, 9.17) is 0 Å². The molecule has 0 spiro atoms. The summed E-state index contributed by atoms with van der Waals surface area (Å²) in [7, 11) is 0. The third-order valence-corrected chi connectivity index (χ3v) is 3.59. The summed E-state index contributed by atoms with van der Waals surface area (Å²) in [6.45, 7) is 3.53. The fourth-order valence-electron chi connectivity index (χ4n) is 2.13. The first-order valence-electron chi connectivity index (χ1n) is 6.82. The van der Waals surface area contributed by atoms with Gasteiger partial charge < -0.3 is 10.6 Å². The third-order valence-electron chi connectivity index (χ3n) is 3.59. The van der Waals surface area contributed by atoms with Crippen molar-refractivity contribution < 1.29 is 9.18 Å². The lowest BCUT2D eigenvalue weighted by Crippen LogP contribution is -2.43. The number of hydrogen-bond acceptors (Lipinski definition) is 4. The number of nitrogens with one attached hydrogen (secondary N) is 2. The molecule has 7 heteroatoms. The number of carbonyl (C=O) groups is 1. The summed E-state index contributed by atoms with van der Waals surface area (Å²) in [4.78, 5) is 12.1. The zero-order valence-electron chi connectivity index (χ0n) is 11.6. The summed E-state index contributed by atoms with van der Waals surface area (Å²) in [6.07, 6.45) is 1.65. The van der Waals surface area contributed by atoms with E-state index in [2.05, 4.69) is 20.9 Å². The summed E-state index contributed by atoms with van der Waals surface area (Å²) in [5.41, 5.74) is 1.12. The highest BCUT2D eigenvalue weighted by atomic mass is 19.1. The maximum atomic E-state index is 12.9. The Labute approximate surface area is 121 Å². The Morgan fingerprint density at radius 1 is 1.43 bits per heavy atom. The van der Waals surface area contributed by atoms with Gasteiger partial charge in [0.1, 0.15) is 5.82 Å². The van der Waals surface area contributed by atoms with Crippen LogP contribution in [-0.2, 0) is 0 Å². The molecule has 1 saturated heterocycles. The molecule has 0 unspecified atom stereocenters. The van der Waals surface area contributed by atoms with Gasteiger partial charge in [-0.25, -0.2) is 9.07 Å². The average Bonchev–Trinajstić information content (AvgIpc) is 2.86. The lowest BCUT2D eigenvalue weighted by atomic mass is 10.1. The number of benzene rings is 1. The highest BCUT2D eigenvalue weighted by Gasteiger charge is 2.22. The molecule has 2 N–H and O–H groups in total. The number of aromatic nitrogens is 3. The average molecular weight is 289 g/mol. The number of nitrogens with zero attached hydrogens (tertiary/aromatic N) is 3. The predicted octanol–water partition coefficient (Wildman–Crippen LogP) is 1.05. The Hall–Kier alpha value is -2.28. The van der Waals surface area contributed by atoms with E-state index in [1.54, 1.807) is 23.0 Å². The Kier molecular flexibility index (Phi) is 3.66. The van der Waals surface area contributed by atoms with Gasteiger partial charge in [0.15, 0.2) is 5.69 Å². The van der Waals surface area contributed by atoms with Crippen molar-refractivity contribution >= 4 is 5.91 Å². The summed E-state index contributed by atoms with van der Waals surface area (Å²) in [6, 6.07) is 6.09. The van der Waals surface area contributed by atoms with E-state index in [1.807, 2.05) is 6.92 Å². The van der Waals surface area contributed by atoms with Gasteiger partial charge in [-0.1, -0.05) is 17.3 Å². The minimum absolute atomic E-state index is 0.228. The summed E-state index contributed by atoms with van der Waals surface area (Å²) in [5, 5.41) is 13.8. The van der Waals surface area contributed by atoms with Crippen LogP contribution in [0, 0.1) is 5.82 Å². The second-order valence-corrected chi connectivity index (χ2v) is 5.14. The Morgan fingerprint density at radius 2 is 2.14 bits per heavy atom. The smallest absolute Gasteiger partial charge is 0.273 e. The maximum absolute atomic E-state index is 12.9. The number of carbonyl (C=O) groups excluding carboxylic acids is 1. The third kappa shape index (κ3) is 2.92. The van der Waals surface area contributed by atoms with Gasteiger partial charge in [-0.15, -0.1) is 5.10 Å². The van der Waals surface area contributed by atoms with E-state index in [0.717, 1.165) is 18.7 Å². The molecule has 1 aromatic carbocycles. The molecule has 1 aliphatic rings. The second-order valence-electron chi connectivity index (χ2n) is 5.14. The lowest BCUT2D eigenvalue weighted by Gasteiger charge is -2.26. The molecule has 6 nitrogen and oxygen atoms in total. The van der Waals surface area contributed by atoms with E-state index < -0.39 is 0 Å². The quantitative estimate of drug-likeness (QED) is 0.882. The van der Waals surface area contributed by atoms with Crippen molar-refractivity contribution in [3.05, 3.63) is 47.5 Å². The molecule has 0 bridgehead atoms.